The van der Waals surface area contributed by atoms with E-state index in [1.165, 1.54) is 17.5 Å². The van der Waals surface area contributed by atoms with Crippen LogP contribution in [-0.2, 0) is 21.9 Å². The zero-order valence-corrected chi connectivity index (χ0v) is 16.0. The molecule has 26 heavy (non-hydrogen) atoms. The number of aryl methyl sites for hydroxylation is 1. The molecule has 1 aliphatic heterocycles. The average molecular weight is 371 g/mol. The lowest BCUT2D eigenvalue weighted by Gasteiger charge is -2.14. The minimum Gasteiger partial charge on any atom is -0.316 e. The summed E-state index contributed by atoms with van der Waals surface area (Å²) >= 11 is 0. The molecular weight excluding hydrogens is 344 g/mol. The van der Waals surface area contributed by atoms with Gasteiger partial charge in [-0.1, -0.05) is 37.6 Å². The highest BCUT2D eigenvalue weighted by Crippen LogP contribution is 2.56. The molecule has 1 saturated heterocycles. The van der Waals surface area contributed by atoms with Crippen LogP contribution >= 0.6 is 0 Å². The molecule has 138 valence electrons. The molecule has 2 aliphatic rings. The monoisotopic (exact) mass is 370 g/mol. The van der Waals surface area contributed by atoms with E-state index in [-0.39, 0.29) is 0 Å². The van der Waals surface area contributed by atoms with Crippen LogP contribution in [0.5, 0.6) is 0 Å². The first-order valence-corrected chi connectivity index (χ1v) is 10.9. The Hall–Kier alpha value is -1.85. The van der Waals surface area contributed by atoms with Gasteiger partial charge in [-0.15, -0.1) is 0 Å². The van der Waals surface area contributed by atoms with Crippen LogP contribution in [0.15, 0.2) is 53.4 Å². The zero-order valence-electron chi connectivity index (χ0n) is 15.2. The van der Waals surface area contributed by atoms with Crippen molar-refractivity contribution in [1.29, 1.82) is 0 Å². The van der Waals surface area contributed by atoms with Gasteiger partial charge in [-0.3, -0.25) is 4.72 Å². The third-order valence-corrected chi connectivity index (χ3v) is 7.23. The molecule has 0 amide bonds. The van der Waals surface area contributed by atoms with Crippen LogP contribution in [0.2, 0.25) is 0 Å². The van der Waals surface area contributed by atoms with E-state index in [2.05, 4.69) is 29.1 Å². The number of hydrogen-bond donors (Lipinski definition) is 2. The van der Waals surface area contributed by atoms with Crippen LogP contribution in [0, 0.1) is 5.92 Å². The quantitative estimate of drug-likeness (QED) is 0.781. The molecule has 2 aromatic rings. The predicted octanol–water partition coefficient (Wildman–Crippen LogP) is 3.69. The van der Waals surface area contributed by atoms with Gasteiger partial charge < -0.3 is 5.32 Å². The number of anilines is 1. The van der Waals surface area contributed by atoms with Crippen LogP contribution in [0.1, 0.15) is 37.3 Å². The highest BCUT2D eigenvalue weighted by atomic mass is 32.2. The standard InChI is InChI=1S/C21H26N2O2S/c1-2-3-4-16-5-11-20(12-6-16)26(24,25)23-19-9-7-17(8-10-19)21-13-18(21)14-22-15-21/h5-12,18,22-23H,2-4,13-15H2,1H3/t18-,21?/m1/s1. The fourth-order valence-electron chi connectivity index (χ4n) is 4.09. The molecule has 1 aliphatic carbocycles. The zero-order chi connectivity index (χ0) is 18.2. The van der Waals surface area contributed by atoms with Crippen LogP contribution < -0.4 is 10.0 Å². The van der Waals surface area contributed by atoms with Crippen molar-refractivity contribution < 1.29 is 8.42 Å². The summed E-state index contributed by atoms with van der Waals surface area (Å²) in [6.45, 7) is 4.29. The number of fused-ring (bicyclic) bond motifs is 1. The van der Waals surface area contributed by atoms with Gasteiger partial charge in [-0.05, 0) is 67.1 Å². The van der Waals surface area contributed by atoms with E-state index >= 15 is 0 Å². The highest BCUT2D eigenvalue weighted by molar-refractivity contribution is 7.92. The summed E-state index contributed by atoms with van der Waals surface area (Å²) in [6.07, 6.45) is 4.49. The maximum absolute atomic E-state index is 12.6. The van der Waals surface area contributed by atoms with E-state index in [1.54, 1.807) is 12.1 Å². The third-order valence-electron chi connectivity index (χ3n) is 5.83. The van der Waals surface area contributed by atoms with Gasteiger partial charge in [0.25, 0.3) is 10.0 Å². The number of hydrogen-bond acceptors (Lipinski definition) is 3. The van der Waals surface area contributed by atoms with Crippen molar-refractivity contribution in [2.75, 3.05) is 17.8 Å². The maximum Gasteiger partial charge on any atom is 0.261 e. The Bertz CT molecular complexity index is 875. The van der Waals surface area contributed by atoms with Crippen molar-refractivity contribution in [3.63, 3.8) is 0 Å². The van der Waals surface area contributed by atoms with Crippen LogP contribution in [0.25, 0.3) is 0 Å². The van der Waals surface area contributed by atoms with Crippen molar-refractivity contribution in [2.45, 2.75) is 42.9 Å². The Morgan fingerprint density at radius 1 is 1.12 bits per heavy atom. The SMILES string of the molecule is CCCCc1ccc(S(=O)(=O)Nc2ccc(C34CNC[C@H]3C4)cc2)cc1. The minimum atomic E-state index is -3.55. The molecule has 0 bridgehead atoms. The van der Waals surface area contributed by atoms with Gasteiger partial charge in [0.15, 0.2) is 0 Å². The van der Waals surface area contributed by atoms with Gasteiger partial charge >= 0.3 is 0 Å². The number of nitrogens with one attached hydrogen (secondary N) is 2. The summed E-state index contributed by atoms with van der Waals surface area (Å²) < 4.78 is 27.9. The molecule has 1 unspecified atom stereocenters. The second-order valence-electron chi connectivity index (χ2n) is 7.62. The predicted molar refractivity (Wildman–Crippen MR) is 105 cm³/mol. The lowest BCUT2D eigenvalue weighted by molar-refractivity contribution is 0.601. The number of rotatable bonds is 7. The molecule has 1 heterocycles. The molecule has 5 heteroatoms. The van der Waals surface area contributed by atoms with Gasteiger partial charge in [-0.25, -0.2) is 8.42 Å². The smallest absolute Gasteiger partial charge is 0.261 e. The fraction of sp³-hybridized carbons (Fsp3) is 0.429. The Kier molecular flexibility index (Phi) is 4.53. The number of piperidine rings is 1. The second-order valence-corrected chi connectivity index (χ2v) is 9.30. The molecule has 1 saturated carbocycles. The first kappa shape index (κ1) is 17.6. The largest absolute Gasteiger partial charge is 0.316 e. The summed E-state index contributed by atoms with van der Waals surface area (Å²) in [5.74, 6) is 0.747. The molecule has 2 aromatic carbocycles. The molecule has 4 rings (SSSR count). The summed E-state index contributed by atoms with van der Waals surface area (Å²) in [4.78, 5) is 0.308. The maximum atomic E-state index is 12.6. The molecule has 2 fully saturated rings. The first-order valence-electron chi connectivity index (χ1n) is 9.46. The topological polar surface area (TPSA) is 58.2 Å². The second kappa shape index (κ2) is 6.71. The molecule has 0 radical (unpaired) electrons. The van der Waals surface area contributed by atoms with Crippen molar-refractivity contribution in [1.82, 2.24) is 5.32 Å². The Balaban J connectivity index is 1.45. The molecule has 4 nitrogen and oxygen atoms in total. The van der Waals surface area contributed by atoms with E-state index in [0.29, 0.717) is 16.0 Å². The van der Waals surface area contributed by atoms with E-state index in [1.807, 2.05) is 24.3 Å². The lowest BCUT2D eigenvalue weighted by atomic mass is 9.95. The Labute approximate surface area is 156 Å². The average Bonchev–Trinajstić information content (AvgIpc) is 3.21. The molecule has 0 spiro atoms. The van der Waals surface area contributed by atoms with Crippen molar-refractivity contribution >= 4 is 15.7 Å². The summed E-state index contributed by atoms with van der Waals surface area (Å²) in [5, 5.41) is 3.44. The summed E-state index contributed by atoms with van der Waals surface area (Å²) in [7, 11) is -3.55. The molecule has 2 N–H and O–H groups in total. The molecular formula is C21H26N2O2S. The number of benzene rings is 2. The number of sulfonamides is 1. The van der Waals surface area contributed by atoms with Crippen molar-refractivity contribution in [3.05, 3.63) is 59.7 Å². The van der Waals surface area contributed by atoms with E-state index < -0.39 is 10.0 Å². The lowest BCUT2D eigenvalue weighted by Crippen LogP contribution is -2.19. The van der Waals surface area contributed by atoms with Gasteiger partial charge in [0, 0.05) is 17.6 Å². The fourth-order valence-corrected chi connectivity index (χ4v) is 5.15. The highest BCUT2D eigenvalue weighted by Gasteiger charge is 2.57. The molecule has 0 aromatic heterocycles. The van der Waals surface area contributed by atoms with Crippen molar-refractivity contribution in [3.8, 4) is 0 Å². The van der Waals surface area contributed by atoms with E-state index in [4.69, 9.17) is 0 Å². The first-order chi connectivity index (χ1) is 12.5. The Morgan fingerprint density at radius 3 is 2.42 bits per heavy atom. The summed E-state index contributed by atoms with van der Waals surface area (Å²) in [6, 6.07) is 15.1. The normalized spacial score (nSPS) is 24.3. The molecule has 2 atom stereocenters. The van der Waals surface area contributed by atoms with Crippen LogP contribution in [-0.4, -0.2) is 21.5 Å². The Morgan fingerprint density at radius 2 is 1.85 bits per heavy atom. The number of unbranched alkanes of at least 4 members (excludes halogenated alkanes) is 1. The van der Waals surface area contributed by atoms with Gasteiger partial charge in [0.1, 0.15) is 0 Å². The third kappa shape index (κ3) is 3.26. The van der Waals surface area contributed by atoms with Gasteiger partial charge in [0.05, 0.1) is 4.90 Å². The van der Waals surface area contributed by atoms with Gasteiger partial charge in [-0.2, -0.15) is 0 Å². The minimum absolute atomic E-state index is 0.297. The van der Waals surface area contributed by atoms with Gasteiger partial charge in [0.2, 0.25) is 0 Å². The van der Waals surface area contributed by atoms with E-state index in [0.717, 1.165) is 38.3 Å². The van der Waals surface area contributed by atoms with Crippen LogP contribution in [0.4, 0.5) is 5.69 Å². The summed E-state index contributed by atoms with van der Waals surface area (Å²) in [5.41, 5.74) is 3.41. The van der Waals surface area contributed by atoms with Crippen LogP contribution in [0.3, 0.4) is 0 Å². The van der Waals surface area contributed by atoms with E-state index in [9.17, 15) is 8.42 Å². The van der Waals surface area contributed by atoms with Crippen molar-refractivity contribution in [2.24, 2.45) is 5.92 Å².